The van der Waals surface area contributed by atoms with Crippen molar-refractivity contribution in [2.45, 2.75) is 6.04 Å². The largest absolute Gasteiger partial charge is 0.369 e. The molecule has 3 N–H and O–H groups in total. The fourth-order valence-electron chi connectivity index (χ4n) is 1.83. The van der Waals surface area contributed by atoms with Crippen molar-refractivity contribution >= 4 is 5.91 Å². The second-order valence-electron chi connectivity index (χ2n) is 3.97. The van der Waals surface area contributed by atoms with Crippen LogP contribution >= 0.6 is 0 Å². The monoisotopic (exact) mass is 241 g/mol. The van der Waals surface area contributed by atoms with Crippen molar-refractivity contribution < 1.29 is 4.79 Å². The van der Waals surface area contributed by atoms with Crippen LogP contribution in [0.2, 0.25) is 0 Å². The number of rotatable bonds is 5. The molecule has 0 spiro atoms. The summed E-state index contributed by atoms with van der Waals surface area (Å²) in [5.74, 6) is -0.370. The van der Waals surface area contributed by atoms with Gasteiger partial charge in [-0.25, -0.2) is 0 Å². The van der Waals surface area contributed by atoms with E-state index in [1.165, 1.54) is 0 Å². The second kappa shape index (κ2) is 5.93. The van der Waals surface area contributed by atoms with Crippen LogP contribution in [0.25, 0.3) is 0 Å². The summed E-state index contributed by atoms with van der Waals surface area (Å²) in [6.07, 6.45) is 3.47. The minimum Gasteiger partial charge on any atom is -0.369 e. The van der Waals surface area contributed by atoms with Crippen molar-refractivity contribution in [1.29, 1.82) is 0 Å². The van der Waals surface area contributed by atoms with Gasteiger partial charge in [0.2, 0.25) is 5.91 Å². The summed E-state index contributed by atoms with van der Waals surface area (Å²) < 4.78 is 0. The number of benzene rings is 1. The molecule has 2 aromatic rings. The number of primary amides is 1. The molecular weight excluding hydrogens is 226 g/mol. The highest BCUT2D eigenvalue weighted by atomic mass is 16.1. The third-order valence-electron chi connectivity index (χ3n) is 2.65. The van der Waals surface area contributed by atoms with Crippen molar-refractivity contribution in [1.82, 2.24) is 10.3 Å². The molecule has 18 heavy (non-hydrogen) atoms. The number of nitrogens with two attached hydrogens (primary N) is 1. The van der Waals surface area contributed by atoms with Crippen molar-refractivity contribution in [2.75, 3.05) is 6.54 Å². The van der Waals surface area contributed by atoms with E-state index in [4.69, 9.17) is 5.73 Å². The van der Waals surface area contributed by atoms with E-state index in [1.807, 2.05) is 42.5 Å². The summed E-state index contributed by atoms with van der Waals surface area (Å²) >= 11 is 0. The first-order valence-electron chi connectivity index (χ1n) is 5.74. The van der Waals surface area contributed by atoms with Crippen LogP contribution in [-0.4, -0.2) is 17.4 Å². The normalized spacial score (nSPS) is 12.0. The zero-order chi connectivity index (χ0) is 12.8. The molecule has 4 heteroatoms. The lowest BCUT2D eigenvalue weighted by Gasteiger charge is -2.18. The van der Waals surface area contributed by atoms with E-state index in [0.717, 1.165) is 11.1 Å². The van der Waals surface area contributed by atoms with Crippen molar-refractivity contribution in [2.24, 2.45) is 5.73 Å². The van der Waals surface area contributed by atoms with E-state index in [1.54, 1.807) is 12.4 Å². The van der Waals surface area contributed by atoms with Crippen LogP contribution in [0, 0.1) is 0 Å². The Hall–Kier alpha value is -2.20. The summed E-state index contributed by atoms with van der Waals surface area (Å²) in [7, 11) is 0. The van der Waals surface area contributed by atoms with Gasteiger partial charge >= 0.3 is 0 Å². The maximum atomic E-state index is 10.9. The van der Waals surface area contributed by atoms with Gasteiger partial charge in [0.25, 0.3) is 0 Å². The fraction of sp³-hybridized carbons (Fsp3) is 0.143. The number of pyridine rings is 1. The Morgan fingerprint density at radius 3 is 2.33 bits per heavy atom. The van der Waals surface area contributed by atoms with E-state index >= 15 is 0 Å². The molecular formula is C14H15N3O. The number of hydrogen-bond acceptors (Lipinski definition) is 3. The van der Waals surface area contributed by atoms with Crippen LogP contribution in [-0.2, 0) is 4.79 Å². The minimum atomic E-state index is -0.370. The molecule has 4 nitrogen and oxygen atoms in total. The summed E-state index contributed by atoms with van der Waals surface area (Å²) in [4.78, 5) is 14.9. The van der Waals surface area contributed by atoms with Crippen LogP contribution < -0.4 is 11.1 Å². The van der Waals surface area contributed by atoms with Gasteiger partial charge in [-0.1, -0.05) is 30.3 Å². The van der Waals surface area contributed by atoms with Gasteiger partial charge in [0, 0.05) is 12.4 Å². The first kappa shape index (κ1) is 12.3. The highest BCUT2D eigenvalue weighted by Gasteiger charge is 2.13. The Labute approximate surface area is 106 Å². The molecule has 1 aromatic carbocycles. The van der Waals surface area contributed by atoms with Crippen LogP contribution in [0.5, 0.6) is 0 Å². The summed E-state index contributed by atoms with van der Waals surface area (Å²) in [5.41, 5.74) is 7.32. The van der Waals surface area contributed by atoms with Gasteiger partial charge in [0.1, 0.15) is 0 Å². The lowest BCUT2D eigenvalue weighted by molar-refractivity contribution is -0.117. The van der Waals surface area contributed by atoms with Gasteiger partial charge in [0.05, 0.1) is 12.6 Å². The molecule has 92 valence electrons. The molecule has 0 radical (unpaired) electrons. The molecule has 1 amide bonds. The smallest absolute Gasteiger partial charge is 0.231 e. The van der Waals surface area contributed by atoms with E-state index in [9.17, 15) is 4.79 Å². The molecule has 0 aliphatic carbocycles. The van der Waals surface area contributed by atoms with Crippen molar-refractivity contribution in [3.8, 4) is 0 Å². The molecule has 0 bridgehead atoms. The Morgan fingerprint density at radius 1 is 1.11 bits per heavy atom. The molecule has 1 aromatic heterocycles. The molecule has 1 unspecified atom stereocenters. The molecule has 0 aliphatic rings. The van der Waals surface area contributed by atoms with Crippen LogP contribution in [0.1, 0.15) is 17.2 Å². The van der Waals surface area contributed by atoms with Gasteiger partial charge in [-0.3, -0.25) is 15.1 Å². The van der Waals surface area contributed by atoms with Crippen molar-refractivity contribution in [3.05, 3.63) is 66.0 Å². The first-order valence-corrected chi connectivity index (χ1v) is 5.74. The maximum Gasteiger partial charge on any atom is 0.231 e. The lowest BCUT2D eigenvalue weighted by Crippen LogP contribution is -2.32. The minimum absolute atomic E-state index is 0.0540. The van der Waals surface area contributed by atoms with E-state index in [0.29, 0.717) is 0 Å². The highest BCUT2D eigenvalue weighted by Crippen LogP contribution is 2.20. The highest BCUT2D eigenvalue weighted by molar-refractivity contribution is 5.76. The van der Waals surface area contributed by atoms with Crippen molar-refractivity contribution in [3.63, 3.8) is 0 Å². The number of aromatic nitrogens is 1. The van der Waals surface area contributed by atoms with Gasteiger partial charge in [0.15, 0.2) is 0 Å². The van der Waals surface area contributed by atoms with Crippen LogP contribution in [0.15, 0.2) is 54.9 Å². The number of amides is 1. The first-order chi connectivity index (χ1) is 8.77. The predicted molar refractivity (Wildman–Crippen MR) is 69.7 cm³/mol. The molecule has 2 rings (SSSR count). The van der Waals surface area contributed by atoms with Gasteiger partial charge in [-0.15, -0.1) is 0 Å². The molecule has 0 saturated heterocycles. The molecule has 0 aliphatic heterocycles. The topological polar surface area (TPSA) is 68.0 Å². The van der Waals surface area contributed by atoms with E-state index in [2.05, 4.69) is 10.3 Å². The van der Waals surface area contributed by atoms with Crippen LogP contribution in [0.3, 0.4) is 0 Å². The Bertz CT molecular complexity index is 459. The quantitative estimate of drug-likeness (QED) is 0.827. The zero-order valence-electron chi connectivity index (χ0n) is 9.91. The second-order valence-corrected chi connectivity index (χ2v) is 3.97. The van der Waals surface area contributed by atoms with Gasteiger partial charge < -0.3 is 5.73 Å². The van der Waals surface area contributed by atoms with Gasteiger partial charge in [-0.2, -0.15) is 0 Å². The number of nitrogens with zero attached hydrogens (tertiary/aromatic N) is 1. The number of hydrogen-bond donors (Lipinski definition) is 2. The zero-order valence-corrected chi connectivity index (χ0v) is 9.91. The third kappa shape index (κ3) is 3.15. The number of nitrogens with one attached hydrogen (secondary N) is 1. The average Bonchev–Trinajstić information content (AvgIpc) is 2.41. The molecule has 1 atom stereocenters. The Morgan fingerprint density at radius 2 is 1.72 bits per heavy atom. The number of carbonyl (C=O) groups excluding carboxylic acids is 1. The van der Waals surface area contributed by atoms with Gasteiger partial charge in [-0.05, 0) is 23.3 Å². The Balaban J connectivity index is 2.26. The molecule has 0 fully saturated rings. The summed E-state index contributed by atoms with van der Waals surface area (Å²) in [6, 6.07) is 13.7. The fourth-order valence-corrected chi connectivity index (χ4v) is 1.83. The average molecular weight is 241 g/mol. The molecule has 0 saturated carbocycles. The lowest BCUT2D eigenvalue weighted by atomic mass is 10.00. The van der Waals surface area contributed by atoms with E-state index < -0.39 is 0 Å². The molecule has 1 heterocycles. The number of carbonyl (C=O) groups is 1. The van der Waals surface area contributed by atoms with Crippen LogP contribution in [0.4, 0.5) is 0 Å². The maximum absolute atomic E-state index is 10.9. The summed E-state index contributed by atoms with van der Waals surface area (Å²) in [6.45, 7) is 0.141. The standard InChI is InChI=1S/C14H15N3O/c15-13(18)10-17-14(11-4-2-1-3-5-11)12-6-8-16-9-7-12/h1-9,14,17H,10H2,(H2,15,18). The SMILES string of the molecule is NC(=O)CNC(c1ccccc1)c1ccncc1. The summed E-state index contributed by atoms with van der Waals surface area (Å²) in [5, 5.41) is 3.15. The van der Waals surface area contributed by atoms with E-state index in [-0.39, 0.29) is 18.5 Å². The predicted octanol–water partition coefficient (Wildman–Crippen LogP) is 1.25. The Kier molecular flexibility index (Phi) is 4.04. The third-order valence-corrected chi connectivity index (χ3v) is 2.65.